The second kappa shape index (κ2) is 5.16. The van der Waals surface area contributed by atoms with Gasteiger partial charge in [-0.1, -0.05) is 12.1 Å². The van der Waals surface area contributed by atoms with Crippen molar-refractivity contribution in [2.24, 2.45) is 10.9 Å². The van der Waals surface area contributed by atoms with E-state index in [1.807, 2.05) is 0 Å². The quantitative estimate of drug-likeness (QED) is 0.700. The summed E-state index contributed by atoms with van der Waals surface area (Å²) in [4.78, 5) is 0. The van der Waals surface area contributed by atoms with Crippen molar-refractivity contribution in [3.05, 3.63) is 29.8 Å². The van der Waals surface area contributed by atoms with E-state index in [-0.39, 0.29) is 12.4 Å². The van der Waals surface area contributed by atoms with E-state index in [4.69, 9.17) is 10.9 Å². The third-order valence-electron chi connectivity index (χ3n) is 1.45. The fourth-order valence-corrected chi connectivity index (χ4v) is 1.34. The van der Waals surface area contributed by atoms with Gasteiger partial charge in [0, 0.05) is 12.2 Å². The Morgan fingerprint density at radius 2 is 1.71 bits per heavy atom. The number of nitrogens with one attached hydrogen (secondary N) is 1. The molecule has 14 heavy (non-hydrogen) atoms. The SMILES string of the molecule is Cl.NCc1ccc(NS(N)(=O)=O)cc1. The fraction of sp³-hybridized carbons (Fsp3) is 0.143. The molecule has 5 nitrogen and oxygen atoms in total. The molecular formula is C7H12ClN3O2S. The van der Waals surface area contributed by atoms with Crippen molar-refractivity contribution < 1.29 is 8.42 Å². The molecule has 7 heteroatoms. The molecule has 0 bridgehead atoms. The van der Waals surface area contributed by atoms with Gasteiger partial charge in [0.1, 0.15) is 0 Å². The number of hydrogen-bond acceptors (Lipinski definition) is 3. The van der Waals surface area contributed by atoms with Gasteiger partial charge in [-0.05, 0) is 17.7 Å². The molecule has 0 unspecified atom stereocenters. The van der Waals surface area contributed by atoms with E-state index in [1.54, 1.807) is 24.3 Å². The number of rotatable bonds is 3. The molecule has 0 saturated carbocycles. The van der Waals surface area contributed by atoms with Crippen LogP contribution in [-0.2, 0) is 16.8 Å². The first-order valence-corrected chi connectivity index (χ1v) is 5.15. The minimum atomic E-state index is -3.68. The van der Waals surface area contributed by atoms with E-state index in [0.29, 0.717) is 12.2 Å². The number of hydrogen-bond donors (Lipinski definition) is 3. The van der Waals surface area contributed by atoms with Crippen LogP contribution in [0, 0.1) is 0 Å². The first-order chi connectivity index (χ1) is 6.01. The lowest BCUT2D eigenvalue weighted by Crippen LogP contribution is -2.21. The zero-order valence-electron chi connectivity index (χ0n) is 7.30. The molecule has 0 saturated heterocycles. The van der Waals surface area contributed by atoms with Crippen LogP contribution >= 0.6 is 12.4 Å². The average Bonchev–Trinajstić information content (AvgIpc) is 2.03. The summed E-state index contributed by atoms with van der Waals surface area (Å²) in [6.07, 6.45) is 0. The zero-order chi connectivity index (χ0) is 9.90. The van der Waals surface area contributed by atoms with Crippen LogP contribution in [0.25, 0.3) is 0 Å². The summed E-state index contributed by atoms with van der Waals surface area (Å²) in [6.45, 7) is 0.426. The van der Waals surface area contributed by atoms with E-state index in [2.05, 4.69) is 4.72 Å². The summed E-state index contributed by atoms with van der Waals surface area (Å²) in [7, 11) is -3.68. The van der Waals surface area contributed by atoms with Gasteiger partial charge in [0.2, 0.25) is 0 Å². The molecule has 0 fully saturated rings. The average molecular weight is 238 g/mol. The van der Waals surface area contributed by atoms with Crippen LogP contribution in [0.3, 0.4) is 0 Å². The van der Waals surface area contributed by atoms with Crippen LogP contribution < -0.4 is 15.6 Å². The number of halogens is 1. The van der Waals surface area contributed by atoms with Crippen LogP contribution in [0.4, 0.5) is 5.69 Å². The Kier molecular flexibility index (Phi) is 4.86. The zero-order valence-corrected chi connectivity index (χ0v) is 8.94. The van der Waals surface area contributed by atoms with Gasteiger partial charge in [-0.3, -0.25) is 4.72 Å². The summed E-state index contributed by atoms with van der Waals surface area (Å²) in [5, 5.41) is 4.77. The predicted octanol–water partition coefficient (Wildman–Crippen LogP) is 0.182. The summed E-state index contributed by atoms with van der Waals surface area (Å²) in [5.74, 6) is 0. The summed E-state index contributed by atoms with van der Waals surface area (Å²) < 4.78 is 23.3. The monoisotopic (exact) mass is 237 g/mol. The van der Waals surface area contributed by atoms with Gasteiger partial charge in [0.25, 0.3) is 10.2 Å². The molecule has 0 aliphatic rings. The largest absolute Gasteiger partial charge is 0.326 e. The Labute approximate surface area is 89.1 Å². The minimum Gasteiger partial charge on any atom is -0.326 e. The molecule has 1 rings (SSSR count). The first kappa shape index (κ1) is 13.2. The van der Waals surface area contributed by atoms with Crippen LogP contribution in [0.5, 0.6) is 0 Å². The fourth-order valence-electron chi connectivity index (χ4n) is 0.873. The van der Waals surface area contributed by atoms with Crippen LogP contribution in [0.2, 0.25) is 0 Å². The summed E-state index contributed by atoms with van der Waals surface area (Å²) in [6, 6.07) is 6.67. The van der Waals surface area contributed by atoms with Gasteiger partial charge in [0.15, 0.2) is 0 Å². The number of anilines is 1. The first-order valence-electron chi connectivity index (χ1n) is 3.61. The highest BCUT2D eigenvalue weighted by Crippen LogP contribution is 2.09. The Bertz CT molecular complexity index is 376. The molecule has 0 spiro atoms. The molecule has 0 atom stereocenters. The Hall–Kier alpha value is -0.820. The maximum atomic E-state index is 10.6. The maximum absolute atomic E-state index is 10.6. The van der Waals surface area contributed by atoms with Crippen molar-refractivity contribution in [1.29, 1.82) is 0 Å². The topological polar surface area (TPSA) is 98.2 Å². The molecule has 0 heterocycles. The van der Waals surface area contributed by atoms with E-state index < -0.39 is 10.2 Å². The highest BCUT2D eigenvalue weighted by Gasteiger charge is 2.00. The molecule has 80 valence electrons. The van der Waals surface area contributed by atoms with Crippen molar-refractivity contribution in [1.82, 2.24) is 0 Å². The van der Waals surface area contributed by atoms with Crippen LogP contribution in [-0.4, -0.2) is 8.42 Å². The molecule has 0 aliphatic carbocycles. The van der Waals surface area contributed by atoms with Crippen molar-refractivity contribution in [2.45, 2.75) is 6.54 Å². The van der Waals surface area contributed by atoms with Gasteiger partial charge in [-0.15, -0.1) is 12.4 Å². The second-order valence-corrected chi connectivity index (χ2v) is 3.84. The standard InChI is InChI=1S/C7H11N3O2S.ClH/c8-5-6-1-3-7(4-2-6)10-13(9,11)12;/h1-4,10H,5,8H2,(H2,9,11,12);1H. The Balaban J connectivity index is 0.00000169. The summed E-state index contributed by atoms with van der Waals surface area (Å²) in [5.41, 5.74) is 6.72. The molecule has 0 aromatic heterocycles. The smallest absolute Gasteiger partial charge is 0.296 e. The van der Waals surface area contributed by atoms with Crippen molar-refractivity contribution in [2.75, 3.05) is 4.72 Å². The lowest BCUT2D eigenvalue weighted by molar-refractivity contribution is 0.603. The lowest BCUT2D eigenvalue weighted by atomic mass is 10.2. The second-order valence-electron chi connectivity index (χ2n) is 2.55. The van der Waals surface area contributed by atoms with E-state index in [0.717, 1.165) is 5.56 Å². The molecule has 0 aliphatic heterocycles. The minimum absolute atomic E-state index is 0. The van der Waals surface area contributed by atoms with Crippen LogP contribution in [0.1, 0.15) is 5.56 Å². The van der Waals surface area contributed by atoms with Gasteiger partial charge < -0.3 is 5.73 Å². The van der Waals surface area contributed by atoms with Gasteiger partial charge in [-0.25, -0.2) is 5.14 Å². The van der Waals surface area contributed by atoms with E-state index in [1.165, 1.54) is 0 Å². The van der Waals surface area contributed by atoms with Crippen molar-refractivity contribution in [3.63, 3.8) is 0 Å². The lowest BCUT2D eigenvalue weighted by Gasteiger charge is -2.03. The predicted molar refractivity (Wildman–Crippen MR) is 58.3 cm³/mol. The van der Waals surface area contributed by atoms with Gasteiger partial charge in [-0.2, -0.15) is 8.42 Å². The number of benzene rings is 1. The molecule has 1 aromatic carbocycles. The van der Waals surface area contributed by atoms with Crippen molar-refractivity contribution >= 4 is 28.3 Å². The van der Waals surface area contributed by atoms with Gasteiger partial charge >= 0.3 is 0 Å². The van der Waals surface area contributed by atoms with Crippen LogP contribution in [0.15, 0.2) is 24.3 Å². The highest BCUT2D eigenvalue weighted by molar-refractivity contribution is 7.90. The Morgan fingerprint density at radius 1 is 1.21 bits per heavy atom. The molecule has 0 amide bonds. The molecule has 0 radical (unpaired) electrons. The summed E-state index contributed by atoms with van der Waals surface area (Å²) >= 11 is 0. The molecule has 5 N–H and O–H groups in total. The van der Waals surface area contributed by atoms with E-state index >= 15 is 0 Å². The maximum Gasteiger partial charge on any atom is 0.296 e. The highest BCUT2D eigenvalue weighted by atomic mass is 35.5. The molecule has 1 aromatic rings. The van der Waals surface area contributed by atoms with E-state index in [9.17, 15) is 8.42 Å². The Morgan fingerprint density at radius 3 is 2.07 bits per heavy atom. The van der Waals surface area contributed by atoms with Crippen molar-refractivity contribution in [3.8, 4) is 0 Å². The number of nitrogens with two attached hydrogens (primary N) is 2. The van der Waals surface area contributed by atoms with Gasteiger partial charge in [0.05, 0.1) is 0 Å². The molecular weight excluding hydrogens is 226 g/mol. The third kappa shape index (κ3) is 4.43. The normalized spacial score (nSPS) is 10.4. The third-order valence-corrected chi connectivity index (χ3v) is 1.97.